The molecule has 2 aliphatic carbocycles. The molecule has 1 saturated carbocycles. The lowest BCUT2D eigenvalue weighted by Crippen LogP contribution is -2.23. The Hall–Kier alpha value is -0.990. The highest BCUT2D eigenvalue weighted by Gasteiger charge is 2.55. The van der Waals surface area contributed by atoms with Gasteiger partial charge in [0.2, 0.25) is 0 Å². The molecule has 0 aromatic heterocycles. The van der Waals surface area contributed by atoms with Crippen molar-refractivity contribution >= 4 is 0 Å². The van der Waals surface area contributed by atoms with E-state index in [1.165, 1.54) is 0 Å². The lowest BCUT2D eigenvalue weighted by Gasteiger charge is -2.16. The summed E-state index contributed by atoms with van der Waals surface area (Å²) in [6, 6.07) is -0.109. The van der Waals surface area contributed by atoms with Gasteiger partial charge >= 0.3 is 0 Å². The standard InChI is InChI=1S/C7H9N3O/c8-10-9-5-1-2-6(11)7(5)3-4-7/h1-2,5-6,11H,3-4H2/t5-,6+/m0/s1. The van der Waals surface area contributed by atoms with Crippen LogP contribution >= 0.6 is 0 Å². The van der Waals surface area contributed by atoms with E-state index < -0.39 is 6.10 Å². The molecule has 0 heterocycles. The summed E-state index contributed by atoms with van der Waals surface area (Å²) in [4.78, 5) is 2.75. The van der Waals surface area contributed by atoms with E-state index in [4.69, 9.17) is 5.53 Å². The molecule has 0 aromatic rings. The van der Waals surface area contributed by atoms with Crippen LogP contribution in [0.4, 0.5) is 0 Å². The second-order valence-electron chi connectivity index (χ2n) is 3.21. The van der Waals surface area contributed by atoms with Crippen molar-refractivity contribution in [3.05, 3.63) is 22.6 Å². The Balaban J connectivity index is 2.24. The third kappa shape index (κ3) is 0.768. The van der Waals surface area contributed by atoms with Crippen molar-refractivity contribution in [2.45, 2.75) is 25.0 Å². The predicted molar refractivity (Wildman–Crippen MR) is 39.7 cm³/mol. The van der Waals surface area contributed by atoms with E-state index in [2.05, 4.69) is 10.0 Å². The molecule has 1 spiro atoms. The molecule has 2 rings (SSSR count). The van der Waals surface area contributed by atoms with Gasteiger partial charge in [0.05, 0.1) is 12.1 Å². The summed E-state index contributed by atoms with van der Waals surface area (Å²) >= 11 is 0. The van der Waals surface area contributed by atoms with Crippen LogP contribution in [0.3, 0.4) is 0 Å². The Morgan fingerprint density at radius 1 is 1.55 bits per heavy atom. The second kappa shape index (κ2) is 2.00. The molecule has 0 aromatic carbocycles. The zero-order chi connectivity index (χ0) is 7.90. The van der Waals surface area contributed by atoms with E-state index in [1.807, 2.05) is 0 Å². The van der Waals surface area contributed by atoms with Gasteiger partial charge in [-0.1, -0.05) is 17.3 Å². The third-order valence-electron chi connectivity index (χ3n) is 2.66. The van der Waals surface area contributed by atoms with Gasteiger partial charge in [-0.2, -0.15) is 0 Å². The Labute approximate surface area is 64.2 Å². The summed E-state index contributed by atoms with van der Waals surface area (Å²) < 4.78 is 0. The van der Waals surface area contributed by atoms with Gasteiger partial charge in [-0.15, -0.1) is 0 Å². The number of nitrogens with zero attached hydrogens (tertiary/aromatic N) is 3. The number of aliphatic hydroxyl groups is 1. The SMILES string of the molecule is [N-]=[N+]=N[C@H]1C=C[C@@H](O)C12CC2. The summed E-state index contributed by atoms with van der Waals surface area (Å²) in [6.07, 6.45) is 5.09. The number of hydrogen-bond acceptors (Lipinski definition) is 2. The first-order valence-electron chi connectivity index (χ1n) is 3.70. The topological polar surface area (TPSA) is 69.0 Å². The molecule has 0 saturated heterocycles. The van der Waals surface area contributed by atoms with Crippen molar-refractivity contribution in [2.24, 2.45) is 10.5 Å². The molecule has 1 N–H and O–H groups in total. The Morgan fingerprint density at radius 2 is 2.27 bits per heavy atom. The van der Waals surface area contributed by atoms with Crippen LogP contribution in [0.15, 0.2) is 17.3 Å². The van der Waals surface area contributed by atoms with Gasteiger partial charge in [-0.05, 0) is 18.4 Å². The number of aliphatic hydroxyl groups excluding tert-OH is 1. The van der Waals surface area contributed by atoms with Crippen LogP contribution in [0.2, 0.25) is 0 Å². The van der Waals surface area contributed by atoms with E-state index in [1.54, 1.807) is 12.2 Å². The minimum Gasteiger partial charge on any atom is -0.388 e. The molecular formula is C7H9N3O. The first-order valence-corrected chi connectivity index (χ1v) is 3.70. The third-order valence-corrected chi connectivity index (χ3v) is 2.66. The minimum atomic E-state index is -0.391. The zero-order valence-electron chi connectivity index (χ0n) is 6.01. The summed E-state index contributed by atoms with van der Waals surface area (Å²) in [7, 11) is 0. The van der Waals surface area contributed by atoms with Crippen molar-refractivity contribution in [3.63, 3.8) is 0 Å². The van der Waals surface area contributed by atoms with E-state index in [9.17, 15) is 5.11 Å². The van der Waals surface area contributed by atoms with Crippen molar-refractivity contribution in [3.8, 4) is 0 Å². The van der Waals surface area contributed by atoms with Gasteiger partial charge in [-0.25, -0.2) is 0 Å². The molecule has 1 fully saturated rings. The highest BCUT2D eigenvalue weighted by molar-refractivity contribution is 5.24. The van der Waals surface area contributed by atoms with Crippen LogP contribution in [0.5, 0.6) is 0 Å². The molecule has 0 bridgehead atoms. The summed E-state index contributed by atoms with van der Waals surface area (Å²) in [5.74, 6) is 0. The molecule has 0 amide bonds. The van der Waals surface area contributed by atoms with Gasteiger partial charge in [0, 0.05) is 10.3 Å². The lowest BCUT2D eigenvalue weighted by atomic mass is 9.98. The maximum absolute atomic E-state index is 9.45. The fourth-order valence-electron chi connectivity index (χ4n) is 1.71. The zero-order valence-corrected chi connectivity index (χ0v) is 6.01. The van der Waals surface area contributed by atoms with Gasteiger partial charge in [0.15, 0.2) is 0 Å². The molecule has 11 heavy (non-hydrogen) atoms. The Morgan fingerprint density at radius 3 is 2.82 bits per heavy atom. The molecule has 2 atom stereocenters. The average Bonchev–Trinajstić information content (AvgIpc) is 2.72. The van der Waals surface area contributed by atoms with E-state index in [0.717, 1.165) is 12.8 Å². The summed E-state index contributed by atoms with van der Waals surface area (Å²) in [5, 5.41) is 13.1. The maximum Gasteiger partial charge on any atom is 0.0784 e. The van der Waals surface area contributed by atoms with Crippen LogP contribution in [0, 0.1) is 5.41 Å². The van der Waals surface area contributed by atoms with Crippen molar-refractivity contribution in [1.29, 1.82) is 0 Å². The van der Waals surface area contributed by atoms with Crippen LogP contribution in [0.1, 0.15) is 12.8 Å². The molecule has 0 radical (unpaired) electrons. The fraction of sp³-hybridized carbons (Fsp3) is 0.714. The van der Waals surface area contributed by atoms with Gasteiger partial charge in [0.25, 0.3) is 0 Å². The fourth-order valence-corrected chi connectivity index (χ4v) is 1.71. The Kier molecular flexibility index (Phi) is 1.22. The average molecular weight is 151 g/mol. The van der Waals surface area contributed by atoms with Crippen LogP contribution in [-0.4, -0.2) is 17.3 Å². The molecule has 58 valence electrons. The van der Waals surface area contributed by atoms with Crippen molar-refractivity contribution in [1.82, 2.24) is 0 Å². The molecule has 2 aliphatic rings. The number of hydrogen-bond donors (Lipinski definition) is 1. The summed E-state index contributed by atoms with van der Waals surface area (Å²) in [6.45, 7) is 0. The van der Waals surface area contributed by atoms with Crippen LogP contribution < -0.4 is 0 Å². The predicted octanol–water partition coefficient (Wildman–Crippen LogP) is 1.38. The van der Waals surface area contributed by atoms with E-state index in [-0.39, 0.29) is 11.5 Å². The highest BCUT2D eigenvalue weighted by Crippen LogP contribution is 2.56. The molecule has 0 unspecified atom stereocenters. The molecule has 0 aliphatic heterocycles. The van der Waals surface area contributed by atoms with Crippen molar-refractivity contribution in [2.75, 3.05) is 0 Å². The number of azide groups is 1. The first kappa shape index (κ1) is 6.70. The minimum absolute atomic E-state index is 0.105. The van der Waals surface area contributed by atoms with Gasteiger partial charge in [0.1, 0.15) is 0 Å². The molecule has 4 heteroatoms. The molecule has 4 nitrogen and oxygen atoms in total. The van der Waals surface area contributed by atoms with Gasteiger partial charge in [-0.3, -0.25) is 0 Å². The highest BCUT2D eigenvalue weighted by atomic mass is 16.3. The largest absolute Gasteiger partial charge is 0.388 e. The summed E-state index contributed by atoms with van der Waals surface area (Å²) in [5.41, 5.74) is 8.11. The second-order valence-corrected chi connectivity index (χ2v) is 3.21. The Bertz CT molecular complexity index is 250. The van der Waals surface area contributed by atoms with Gasteiger partial charge < -0.3 is 5.11 Å². The maximum atomic E-state index is 9.45. The van der Waals surface area contributed by atoms with E-state index in [0.29, 0.717) is 0 Å². The first-order chi connectivity index (χ1) is 5.29. The monoisotopic (exact) mass is 151 g/mol. The van der Waals surface area contributed by atoms with E-state index >= 15 is 0 Å². The normalized spacial score (nSPS) is 37.2. The van der Waals surface area contributed by atoms with Crippen LogP contribution in [-0.2, 0) is 0 Å². The van der Waals surface area contributed by atoms with Crippen molar-refractivity contribution < 1.29 is 5.11 Å². The number of rotatable bonds is 1. The smallest absolute Gasteiger partial charge is 0.0784 e. The van der Waals surface area contributed by atoms with Crippen LogP contribution in [0.25, 0.3) is 10.4 Å². The lowest BCUT2D eigenvalue weighted by molar-refractivity contribution is 0.142. The molecular weight excluding hydrogens is 142 g/mol. The quantitative estimate of drug-likeness (QED) is 0.261.